The number of benzene rings is 2. The summed E-state index contributed by atoms with van der Waals surface area (Å²) in [7, 11) is 0. The monoisotopic (exact) mass is 415 g/mol. The molecule has 8 N–H and O–H groups in total. The summed E-state index contributed by atoms with van der Waals surface area (Å²) < 4.78 is 5.89. The predicted molar refractivity (Wildman–Crippen MR) is 128 cm³/mol. The van der Waals surface area contributed by atoms with E-state index >= 15 is 0 Å². The Labute approximate surface area is 184 Å². The number of nitrogens with two attached hydrogens (primary N) is 4. The van der Waals surface area contributed by atoms with Gasteiger partial charge < -0.3 is 16.2 Å². The van der Waals surface area contributed by atoms with E-state index in [0.29, 0.717) is 29.3 Å². The molecule has 0 saturated heterocycles. The third-order valence-corrected chi connectivity index (χ3v) is 5.31. The van der Waals surface area contributed by atoms with E-state index in [1.807, 2.05) is 73.7 Å². The van der Waals surface area contributed by atoms with E-state index in [0.717, 1.165) is 34.6 Å². The minimum Gasteiger partial charge on any atom is -0.457 e. The fourth-order valence-corrected chi connectivity index (χ4v) is 3.72. The Bertz CT molecular complexity index is 1060. The first kappa shape index (κ1) is 22.0. The topological polar surface area (TPSA) is 113 Å². The number of ether oxygens (including phenoxy) is 1. The summed E-state index contributed by atoms with van der Waals surface area (Å²) in [5, 5.41) is 6.09. The molecule has 0 aliphatic heterocycles. The van der Waals surface area contributed by atoms with Gasteiger partial charge in [0.25, 0.3) is 5.84 Å². The van der Waals surface area contributed by atoms with Crippen LogP contribution < -0.4 is 27.3 Å². The minimum atomic E-state index is 0.155. The molecule has 5 heteroatoms. The molecular weight excluding hydrogens is 384 g/mol. The highest BCUT2D eigenvalue weighted by Gasteiger charge is 2.21. The predicted octanol–water partition coefficient (Wildman–Crippen LogP) is 3.41. The highest BCUT2D eigenvalue weighted by atomic mass is 16.5. The van der Waals surface area contributed by atoms with Crippen LogP contribution in [0.5, 0.6) is 11.5 Å². The molecule has 5 nitrogen and oxygen atoms in total. The summed E-state index contributed by atoms with van der Waals surface area (Å²) in [5.74, 6) is 2.08. The fraction of sp³-hybridized carbons (Fsp3) is 0.192. The molecule has 0 amide bonds. The van der Waals surface area contributed by atoms with E-state index < -0.39 is 0 Å². The maximum atomic E-state index is 6.51. The van der Waals surface area contributed by atoms with Crippen molar-refractivity contribution in [1.82, 2.24) is 0 Å². The Balaban J connectivity index is 1.98. The van der Waals surface area contributed by atoms with Gasteiger partial charge in [0.2, 0.25) is 0 Å². The first-order valence-corrected chi connectivity index (χ1v) is 10.5. The molecule has 1 atom stereocenters. The zero-order valence-corrected chi connectivity index (χ0v) is 18.1. The molecule has 0 radical (unpaired) electrons. The Kier molecular flexibility index (Phi) is 6.98. The first-order chi connectivity index (χ1) is 14.9. The third kappa shape index (κ3) is 5.25. The second kappa shape index (κ2) is 9.85. The van der Waals surface area contributed by atoms with Crippen LogP contribution in [0.25, 0.3) is 5.57 Å². The molecule has 0 heterocycles. The Hall–Kier alpha value is -3.73. The summed E-state index contributed by atoms with van der Waals surface area (Å²) in [6, 6.07) is 17.5. The highest BCUT2D eigenvalue weighted by Crippen LogP contribution is 2.30. The normalized spacial score (nSPS) is 17.4. The van der Waals surface area contributed by atoms with E-state index in [2.05, 4.69) is 13.0 Å². The van der Waals surface area contributed by atoms with Gasteiger partial charge in [-0.3, -0.25) is 11.1 Å². The van der Waals surface area contributed by atoms with E-state index in [-0.39, 0.29) is 5.84 Å². The summed E-state index contributed by atoms with van der Waals surface area (Å²) in [6.45, 7) is 4.19. The molecule has 0 bridgehead atoms. The lowest BCUT2D eigenvalue weighted by Gasteiger charge is -2.19. The Morgan fingerprint density at radius 1 is 1.00 bits per heavy atom. The van der Waals surface area contributed by atoms with Crippen LogP contribution in [0.1, 0.15) is 32.3 Å². The van der Waals surface area contributed by atoms with Crippen molar-refractivity contribution in [2.45, 2.75) is 26.7 Å². The molecule has 0 saturated carbocycles. The quantitative estimate of drug-likeness (QED) is 0.315. The smallest absolute Gasteiger partial charge is 0.273 e. The third-order valence-electron chi connectivity index (χ3n) is 5.31. The molecule has 0 fully saturated rings. The number of allylic oxidation sites excluding steroid dienone is 5. The molecule has 0 spiro atoms. The van der Waals surface area contributed by atoms with Gasteiger partial charge in [-0.2, -0.15) is 0 Å². The molecule has 1 unspecified atom stereocenters. The van der Waals surface area contributed by atoms with Crippen molar-refractivity contribution in [3.8, 4) is 11.5 Å². The number of rotatable bonds is 7. The van der Waals surface area contributed by atoms with Crippen LogP contribution in [0.3, 0.4) is 0 Å². The molecule has 2 aromatic carbocycles. The van der Waals surface area contributed by atoms with Crippen molar-refractivity contribution in [3.05, 3.63) is 101 Å². The average molecular weight is 416 g/mol. The van der Waals surface area contributed by atoms with Crippen LogP contribution in [-0.2, 0) is 0 Å². The molecule has 1 aliphatic rings. The van der Waals surface area contributed by atoms with E-state index in [4.69, 9.17) is 27.3 Å². The summed E-state index contributed by atoms with van der Waals surface area (Å²) >= 11 is 0. The minimum absolute atomic E-state index is 0.155. The van der Waals surface area contributed by atoms with Gasteiger partial charge in [-0.1, -0.05) is 62.4 Å². The molecule has 2 aromatic rings. The molecular formula is C26H31N4O+. The van der Waals surface area contributed by atoms with Gasteiger partial charge in [0, 0.05) is 0 Å². The number of hydrogen-bond acceptors (Lipinski definition) is 3. The molecule has 160 valence electrons. The maximum absolute atomic E-state index is 6.51. The van der Waals surface area contributed by atoms with E-state index in [1.54, 1.807) is 0 Å². The lowest BCUT2D eigenvalue weighted by atomic mass is 9.90. The SMILES string of the molecule is CC/C(=C(C(N)=[NH2+])\C(N)=C(/N)C1=CC=CC(C)C1)c1ccc(Oc2ccccc2)cc1. The van der Waals surface area contributed by atoms with Gasteiger partial charge in [0.05, 0.1) is 17.0 Å². The molecule has 31 heavy (non-hydrogen) atoms. The van der Waals surface area contributed by atoms with Crippen LogP contribution in [-0.4, -0.2) is 5.84 Å². The number of para-hydroxylation sites is 1. The van der Waals surface area contributed by atoms with Crippen LogP contribution in [0, 0.1) is 5.92 Å². The first-order valence-electron chi connectivity index (χ1n) is 10.5. The van der Waals surface area contributed by atoms with Crippen LogP contribution in [0.2, 0.25) is 0 Å². The van der Waals surface area contributed by atoms with Gasteiger partial charge in [0.15, 0.2) is 0 Å². The number of hydrogen-bond donors (Lipinski definition) is 4. The lowest BCUT2D eigenvalue weighted by Crippen LogP contribution is -2.48. The van der Waals surface area contributed by atoms with Gasteiger partial charge in [-0.05, 0) is 59.7 Å². The van der Waals surface area contributed by atoms with Crippen molar-refractivity contribution in [1.29, 1.82) is 0 Å². The van der Waals surface area contributed by atoms with Gasteiger partial charge in [-0.25, -0.2) is 0 Å². The largest absolute Gasteiger partial charge is 0.457 e. The zero-order chi connectivity index (χ0) is 22.4. The van der Waals surface area contributed by atoms with Crippen LogP contribution in [0.15, 0.2) is 95.4 Å². The Morgan fingerprint density at radius 2 is 1.65 bits per heavy atom. The molecule has 0 aromatic heterocycles. The van der Waals surface area contributed by atoms with Gasteiger partial charge in [0.1, 0.15) is 11.5 Å². The van der Waals surface area contributed by atoms with E-state index in [1.165, 1.54) is 0 Å². The van der Waals surface area contributed by atoms with Gasteiger partial charge >= 0.3 is 0 Å². The average Bonchev–Trinajstić information content (AvgIpc) is 2.77. The molecule has 1 aliphatic carbocycles. The van der Waals surface area contributed by atoms with Crippen molar-refractivity contribution >= 4 is 11.4 Å². The standard InChI is InChI=1S/C26H30N4O/c1-3-22(18-12-14-21(15-13-18)31-20-10-5-4-6-11-20)23(26(29)30)25(28)24(27)19-9-7-8-17(2)16-19/h4-15,17H,3,16,27-28H2,1-2H3,(H3,29,30)/p+1/b23-22-,25-24+. The second-order valence-electron chi connectivity index (χ2n) is 7.69. The number of amidine groups is 1. The van der Waals surface area contributed by atoms with Crippen LogP contribution in [0.4, 0.5) is 0 Å². The van der Waals surface area contributed by atoms with E-state index in [9.17, 15) is 0 Å². The maximum Gasteiger partial charge on any atom is 0.273 e. The van der Waals surface area contributed by atoms with Crippen molar-refractivity contribution < 1.29 is 10.1 Å². The van der Waals surface area contributed by atoms with Crippen molar-refractivity contribution in [2.24, 2.45) is 23.1 Å². The van der Waals surface area contributed by atoms with Crippen molar-refractivity contribution in [2.75, 3.05) is 0 Å². The summed E-state index contributed by atoms with van der Waals surface area (Å²) in [5.41, 5.74) is 23.5. The summed E-state index contributed by atoms with van der Waals surface area (Å²) in [4.78, 5) is 0. The second-order valence-corrected chi connectivity index (χ2v) is 7.69. The zero-order valence-electron chi connectivity index (χ0n) is 18.1. The van der Waals surface area contributed by atoms with Crippen molar-refractivity contribution in [3.63, 3.8) is 0 Å². The highest BCUT2D eigenvalue weighted by molar-refractivity contribution is 6.04. The Morgan fingerprint density at radius 3 is 2.23 bits per heavy atom. The van der Waals surface area contributed by atoms with Crippen LogP contribution >= 0.6 is 0 Å². The summed E-state index contributed by atoms with van der Waals surface area (Å²) in [6.07, 6.45) is 7.66. The lowest BCUT2D eigenvalue weighted by molar-refractivity contribution is -0.114. The fourth-order valence-electron chi connectivity index (χ4n) is 3.72. The van der Waals surface area contributed by atoms with Gasteiger partial charge in [-0.15, -0.1) is 0 Å². The molecule has 3 rings (SSSR count).